The van der Waals surface area contributed by atoms with Crippen molar-refractivity contribution in [3.05, 3.63) is 11.6 Å². The normalized spacial score (nSPS) is 32.4. The fourth-order valence-electron chi connectivity index (χ4n) is 7.09. The fraction of sp³-hybridized carbons (Fsp3) is 0.821. The van der Waals surface area contributed by atoms with Crippen LogP contribution in [0, 0.1) is 29.1 Å². The molecule has 0 aromatic heterocycles. The van der Waals surface area contributed by atoms with E-state index < -0.39 is 5.97 Å². The Labute approximate surface area is 199 Å². The minimum atomic E-state index is -0.754. The van der Waals surface area contributed by atoms with Crippen molar-refractivity contribution in [2.24, 2.45) is 29.1 Å². The van der Waals surface area contributed by atoms with Gasteiger partial charge in [-0.05, 0) is 93.5 Å². The zero-order valence-electron chi connectivity index (χ0n) is 20.8. The van der Waals surface area contributed by atoms with Crippen LogP contribution in [0.15, 0.2) is 11.6 Å². The zero-order chi connectivity index (χ0) is 23.8. The van der Waals surface area contributed by atoms with Crippen LogP contribution in [0.25, 0.3) is 0 Å². The third-order valence-electron chi connectivity index (χ3n) is 8.86. The molecule has 3 rings (SSSR count). The molecule has 3 aliphatic carbocycles. The van der Waals surface area contributed by atoms with Gasteiger partial charge in [0.25, 0.3) is 0 Å². The Morgan fingerprint density at radius 3 is 2.64 bits per heavy atom. The number of carboxylic acids is 1. The third-order valence-corrected chi connectivity index (χ3v) is 8.86. The van der Waals surface area contributed by atoms with Gasteiger partial charge in [0, 0.05) is 25.4 Å². The summed E-state index contributed by atoms with van der Waals surface area (Å²) in [6, 6.07) is 0. The number of fused-ring (bicyclic) bond motifs is 3. The number of carboxylic acid groups (broad SMARTS) is 1. The van der Waals surface area contributed by atoms with E-state index in [-0.39, 0.29) is 30.1 Å². The van der Waals surface area contributed by atoms with Gasteiger partial charge in [-0.3, -0.25) is 14.4 Å². The van der Waals surface area contributed by atoms with Crippen molar-refractivity contribution in [3.8, 4) is 0 Å². The number of carbonyl (C=O) groups is 3. The monoisotopic (exact) mass is 460 g/mol. The lowest BCUT2D eigenvalue weighted by atomic mass is 9.54. The molecule has 5 heteroatoms. The van der Waals surface area contributed by atoms with E-state index in [2.05, 4.69) is 13.8 Å². The number of ketones is 2. The van der Waals surface area contributed by atoms with Gasteiger partial charge in [-0.1, -0.05) is 32.3 Å². The molecule has 5 atom stereocenters. The lowest BCUT2D eigenvalue weighted by Crippen LogP contribution is -2.45. The Bertz CT molecular complexity index is 726. The molecule has 0 amide bonds. The van der Waals surface area contributed by atoms with Crippen molar-refractivity contribution in [3.63, 3.8) is 0 Å². The summed E-state index contributed by atoms with van der Waals surface area (Å²) in [6.07, 6.45) is 14.9. The van der Waals surface area contributed by atoms with Gasteiger partial charge in [0.15, 0.2) is 11.6 Å². The Balaban J connectivity index is 1.47. The van der Waals surface area contributed by atoms with Crippen molar-refractivity contribution >= 4 is 17.5 Å². The highest BCUT2D eigenvalue weighted by atomic mass is 16.5. The molecule has 0 radical (unpaired) electrons. The summed E-state index contributed by atoms with van der Waals surface area (Å²) in [7, 11) is 0. The molecule has 0 aromatic rings. The molecular weight excluding hydrogens is 416 g/mol. The van der Waals surface area contributed by atoms with Crippen LogP contribution < -0.4 is 0 Å². The highest BCUT2D eigenvalue weighted by molar-refractivity contribution is 5.90. The number of hydrogen-bond acceptors (Lipinski definition) is 4. The molecule has 33 heavy (non-hydrogen) atoms. The summed E-state index contributed by atoms with van der Waals surface area (Å²) in [5.74, 6) is 1.93. The van der Waals surface area contributed by atoms with Crippen LogP contribution in [0.4, 0.5) is 0 Å². The van der Waals surface area contributed by atoms with E-state index in [4.69, 9.17) is 9.84 Å². The lowest BCUT2D eigenvalue weighted by Gasteiger charge is -2.50. The van der Waals surface area contributed by atoms with Crippen molar-refractivity contribution in [1.29, 1.82) is 0 Å². The highest BCUT2D eigenvalue weighted by Crippen LogP contribution is 2.62. The Morgan fingerprint density at radius 1 is 1.06 bits per heavy atom. The molecule has 0 aromatic carbocycles. The van der Waals surface area contributed by atoms with Gasteiger partial charge >= 0.3 is 5.97 Å². The predicted octanol–water partition coefficient (Wildman–Crippen LogP) is 6.15. The lowest BCUT2D eigenvalue weighted by molar-refractivity contribution is -0.137. The average Bonchev–Trinajstić information content (AvgIpc) is 3.14. The van der Waals surface area contributed by atoms with Crippen molar-refractivity contribution in [1.82, 2.24) is 0 Å². The fourth-order valence-corrected chi connectivity index (χ4v) is 7.09. The van der Waals surface area contributed by atoms with Crippen molar-refractivity contribution in [2.75, 3.05) is 13.2 Å². The maximum atomic E-state index is 13.1. The summed E-state index contributed by atoms with van der Waals surface area (Å²) in [5.41, 5.74) is 1.46. The minimum Gasteiger partial charge on any atom is -0.481 e. The van der Waals surface area contributed by atoms with E-state index >= 15 is 0 Å². The van der Waals surface area contributed by atoms with E-state index in [9.17, 15) is 14.4 Å². The molecular formula is C28H44O5. The predicted molar refractivity (Wildman–Crippen MR) is 129 cm³/mol. The summed E-state index contributed by atoms with van der Waals surface area (Å²) >= 11 is 0. The number of carbonyl (C=O) groups excluding carboxylic acids is 2. The van der Waals surface area contributed by atoms with Crippen LogP contribution in [0.5, 0.6) is 0 Å². The molecule has 0 aliphatic heterocycles. The number of Topliss-reactive ketones (excluding diaryl/α,β-unsaturated/α-hetero) is 1. The number of unbranched alkanes of at least 4 members (excludes halogenated alkanes) is 3. The smallest absolute Gasteiger partial charge is 0.303 e. The number of ether oxygens (including phenoxy) is 1. The molecule has 3 aliphatic rings. The summed E-state index contributed by atoms with van der Waals surface area (Å²) in [5, 5.41) is 8.69. The first-order chi connectivity index (χ1) is 15.8. The summed E-state index contributed by atoms with van der Waals surface area (Å²) in [4.78, 5) is 35.8. The van der Waals surface area contributed by atoms with E-state index in [1.54, 1.807) is 0 Å². The molecule has 3 fully saturated rings. The van der Waals surface area contributed by atoms with Gasteiger partial charge in [0.1, 0.15) is 6.61 Å². The van der Waals surface area contributed by atoms with E-state index in [1.807, 2.05) is 6.08 Å². The second-order valence-corrected chi connectivity index (χ2v) is 11.0. The van der Waals surface area contributed by atoms with Gasteiger partial charge in [-0.25, -0.2) is 0 Å². The second-order valence-electron chi connectivity index (χ2n) is 11.0. The van der Waals surface area contributed by atoms with Crippen LogP contribution >= 0.6 is 0 Å². The Kier molecular flexibility index (Phi) is 9.72. The number of hydrogen-bond donors (Lipinski definition) is 1. The van der Waals surface area contributed by atoms with Crippen molar-refractivity contribution in [2.45, 2.75) is 104 Å². The van der Waals surface area contributed by atoms with Crippen LogP contribution in [0.2, 0.25) is 0 Å². The molecule has 1 N–H and O–H groups in total. The average molecular weight is 461 g/mol. The van der Waals surface area contributed by atoms with Crippen LogP contribution in [0.1, 0.15) is 104 Å². The Morgan fingerprint density at radius 2 is 1.88 bits per heavy atom. The maximum absolute atomic E-state index is 13.1. The molecule has 186 valence electrons. The first-order valence-corrected chi connectivity index (χ1v) is 13.4. The second kappa shape index (κ2) is 12.3. The summed E-state index contributed by atoms with van der Waals surface area (Å²) < 4.78 is 5.69. The van der Waals surface area contributed by atoms with Crippen LogP contribution in [0.3, 0.4) is 0 Å². The van der Waals surface area contributed by atoms with E-state index in [0.29, 0.717) is 43.0 Å². The van der Waals surface area contributed by atoms with E-state index in [1.165, 1.54) is 18.4 Å². The topological polar surface area (TPSA) is 80.7 Å². The van der Waals surface area contributed by atoms with Crippen LogP contribution in [-0.4, -0.2) is 35.9 Å². The SMILES string of the molecule is CCCCC(=O)/C=C1/CC[C@@H]2C(CC[C@]3(C)[C@@H](C(=O)COCCCCCC(=O)O)CC[C@@H]23)C1. The Hall–Kier alpha value is -1.49. The molecule has 3 saturated carbocycles. The standard InChI is InChI=1S/C28H44O5/c1-3-4-8-22(29)18-20-10-11-23-21(17-20)14-15-28(2)24(23)12-13-25(28)26(30)19-33-16-7-5-6-9-27(31)32/h18,21,23-25H,3-17,19H2,1-2H3,(H,31,32)/b20-18-/t21?,23-,24+,25-,28+/m1/s1. The summed E-state index contributed by atoms with van der Waals surface area (Å²) in [6.45, 7) is 5.22. The van der Waals surface area contributed by atoms with Gasteiger partial charge in [-0.2, -0.15) is 0 Å². The largest absolute Gasteiger partial charge is 0.481 e. The molecule has 0 heterocycles. The van der Waals surface area contributed by atoms with Gasteiger partial charge in [0.2, 0.25) is 0 Å². The van der Waals surface area contributed by atoms with Crippen LogP contribution in [-0.2, 0) is 19.1 Å². The molecule has 0 bridgehead atoms. The first-order valence-electron chi connectivity index (χ1n) is 13.4. The maximum Gasteiger partial charge on any atom is 0.303 e. The number of allylic oxidation sites excluding steroid dienone is 2. The molecule has 0 spiro atoms. The number of aliphatic carboxylic acids is 1. The molecule has 0 saturated heterocycles. The highest BCUT2D eigenvalue weighted by Gasteiger charge is 2.55. The van der Waals surface area contributed by atoms with Gasteiger partial charge < -0.3 is 9.84 Å². The first kappa shape index (κ1) is 26.1. The van der Waals surface area contributed by atoms with E-state index in [0.717, 1.165) is 57.8 Å². The van der Waals surface area contributed by atoms with Crippen molar-refractivity contribution < 1.29 is 24.2 Å². The number of rotatable bonds is 13. The quantitative estimate of drug-likeness (QED) is 0.263. The molecule has 5 nitrogen and oxygen atoms in total. The zero-order valence-corrected chi connectivity index (χ0v) is 20.8. The third kappa shape index (κ3) is 6.77. The van der Waals surface area contributed by atoms with Gasteiger partial charge in [-0.15, -0.1) is 0 Å². The molecule has 1 unspecified atom stereocenters. The van der Waals surface area contributed by atoms with Gasteiger partial charge in [0.05, 0.1) is 0 Å². The minimum absolute atomic E-state index is 0.0985.